The van der Waals surface area contributed by atoms with Crippen LogP contribution in [0.4, 0.5) is 10.5 Å². The second-order valence-electron chi connectivity index (χ2n) is 12.2. The van der Waals surface area contributed by atoms with Gasteiger partial charge in [0.05, 0.1) is 57.1 Å². The van der Waals surface area contributed by atoms with Crippen LogP contribution in [0.15, 0.2) is 59.5 Å². The molecule has 1 aliphatic rings. The van der Waals surface area contributed by atoms with Gasteiger partial charge in [0.1, 0.15) is 25.4 Å². The number of carbonyl (C=O) groups excluding carboxylic acids is 3. The van der Waals surface area contributed by atoms with Crippen molar-refractivity contribution in [2.75, 3.05) is 85.5 Å². The van der Waals surface area contributed by atoms with Crippen LogP contribution in [0.25, 0.3) is 0 Å². The molecule has 0 aliphatic carbocycles. The fourth-order valence-corrected chi connectivity index (χ4v) is 6.69. The molecule has 2 aromatic carbocycles. The lowest BCUT2D eigenvalue weighted by atomic mass is 10.0. The van der Waals surface area contributed by atoms with E-state index < -0.39 is 52.8 Å². The summed E-state index contributed by atoms with van der Waals surface area (Å²) in [6, 6.07) is 14.0. The van der Waals surface area contributed by atoms with E-state index in [1.807, 2.05) is 44.2 Å². The predicted octanol–water partition coefficient (Wildman–Crippen LogP) is 2.64. The number of nitrogens with zero attached hydrogens (tertiary/aromatic N) is 1. The Hall–Kier alpha value is -3.64. The molecule has 1 saturated heterocycles. The highest BCUT2D eigenvalue weighted by Crippen LogP contribution is 2.22. The number of esters is 1. The third kappa shape index (κ3) is 15.2. The Kier molecular flexibility index (Phi) is 18.3. The first-order chi connectivity index (χ1) is 24.5. The van der Waals surface area contributed by atoms with Gasteiger partial charge < -0.3 is 43.8 Å². The highest BCUT2D eigenvalue weighted by molar-refractivity contribution is 7.89. The summed E-state index contributed by atoms with van der Waals surface area (Å²) in [4.78, 5) is 38.5. The topological polar surface area (TPSA) is 177 Å². The van der Waals surface area contributed by atoms with E-state index in [1.165, 1.54) is 42.8 Å². The molecule has 2 amide bonds. The van der Waals surface area contributed by atoms with Crippen molar-refractivity contribution in [2.45, 2.75) is 49.8 Å². The molecular formula is C35H51N3O12S. The number of hydrogen-bond donors (Lipinski definition) is 2. The van der Waals surface area contributed by atoms with E-state index in [0.717, 1.165) is 5.56 Å². The number of hydrogen-bond acceptors (Lipinski definition) is 12. The lowest BCUT2D eigenvalue weighted by molar-refractivity contribution is -0.157. The molecule has 15 nitrogen and oxygen atoms in total. The normalized spacial score (nSPS) is 15.8. The molecule has 2 N–H and O–H groups in total. The van der Waals surface area contributed by atoms with Crippen molar-refractivity contribution in [1.29, 1.82) is 0 Å². The molecule has 0 aromatic heterocycles. The molecule has 0 spiro atoms. The quantitative estimate of drug-likeness (QED) is 0.126. The van der Waals surface area contributed by atoms with Gasteiger partial charge in [-0.2, -0.15) is 4.31 Å². The third-order valence-corrected chi connectivity index (χ3v) is 9.39. The summed E-state index contributed by atoms with van der Waals surface area (Å²) in [6.45, 7) is 4.62. The Balaban J connectivity index is 1.89. The summed E-state index contributed by atoms with van der Waals surface area (Å²) < 4.78 is 67.0. The average Bonchev–Trinajstić information content (AvgIpc) is 3.61. The predicted molar refractivity (Wildman–Crippen MR) is 187 cm³/mol. The van der Waals surface area contributed by atoms with E-state index in [2.05, 4.69) is 10.6 Å². The number of benzene rings is 2. The zero-order chi connectivity index (χ0) is 37.1. The van der Waals surface area contributed by atoms with E-state index in [1.54, 1.807) is 0 Å². The number of ether oxygens (including phenoxy) is 7. The van der Waals surface area contributed by atoms with Crippen LogP contribution in [0.5, 0.6) is 0 Å². The van der Waals surface area contributed by atoms with Gasteiger partial charge in [-0.15, -0.1) is 0 Å². The van der Waals surface area contributed by atoms with Gasteiger partial charge in [0.2, 0.25) is 15.9 Å². The smallest absolute Gasteiger partial charge is 0.407 e. The van der Waals surface area contributed by atoms with Crippen molar-refractivity contribution in [3.63, 3.8) is 0 Å². The first kappa shape index (κ1) is 41.8. The summed E-state index contributed by atoms with van der Waals surface area (Å²) in [5, 5.41) is 5.51. The maximum atomic E-state index is 14.2. The van der Waals surface area contributed by atoms with Crippen LogP contribution < -0.4 is 10.6 Å². The van der Waals surface area contributed by atoms with Crippen LogP contribution >= 0.6 is 0 Å². The van der Waals surface area contributed by atoms with Gasteiger partial charge in [0, 0.05) is 32.9 Å². The molecule has 284 valence electrons. The molecule has 51 heavy (non-hydrogen) atoms. The number of rotatable bonds is 23. The van der Waals surface area contributed by atoms with E-state index in [4.69, 9.17) is 33.2 Å². The Morgan fingerprint density at radius 2 is 1.57 bits per heavy atom. The van der Waals surface area contributed by atoms with Crippen molar-refractivity contribution < 1.29 is 56.0 Å². The highest BCUT2D eigenvalue weighted by atomic mass is 32.2. The zero-order valence-electron chi connectivity index (χ0n) is 29.7. The second-order valence-corrected chi connectivity index (χ2v) is 14.2. The highest BCUT2D eigenvalue weighted by Gasteiger charge is 2.35. The van der Waals surface area contributed by atoms with Gasteiger partial charge in [-0.25, -0.2) is 18.0 Å². The van der Waals surface area contributed by atoms with Crippen molar-refractivity contribution in [1.82, 2.24) is 9.62 Å². The number of sulfonamides is 1. The fraction of sp³-hybridized carbons (Fsp3) is 0.571. The lowest BCUT2D eigenvalue weighted by Crippen LogP contribution is -2.53. The minimum Gasteiger partial charge on any atom is -0.457 e. The van der Waals surface area contributed by atoms with Crippen LogP contribution in [0, 0.1) is 5.92 Å². The molecule has 3 rings (SSSR count). The number of anilines is 1. The molecule has 16 heteroatoms. The number of methoxy groups -OCH3 is 2. The van der Waals surface area contributed by atoms with Crippen molar-refractivity contribution in [2.24, 2.45) is 5.92 Å². The maximum absolute atomic E-state index is 14.2. The summed E-state index contributed by atoms with van der Waals surface area (Å²) in [7, 11) is -1.16. The Bertz CT molecular complexity index is 1440. The Labute approximate surface area is 300 Å². The van der Waals surface area contributed by atoms with Gasteiger partial charge in [0.25, 0.3) is 0 Å². The van der Waals surface area contributed by atoms with Crippen LogP contribution in [-0.2, 0) is 59.2 Å². The van der Waals surface area contributed by atoms with Gasteiger partial charge in [-0.05, 0) is 42.2 Å². The standard InChI is InChI=1S/C35H51N3O12S/c1-26(2)21-38(51(42,43)30-12-10-28(11-13-30)36-33(39)24-47-18-16-44-3)22-32(50-34(40)25-48-19-17-45-4)31(20-27-8-6-5-7-9-27)37-35(41)49-29-14-15-46-23-29/h5-13,26,29,31-32H,14-25H2,1-4H3,(H,36,39)(H,37,41)/t29-,31-,32+/m0/s1. The molecular weight excluding hydrogens is 686 g/mol. The molecule has 1 fully saturated rings. The average molecular weight is 738 g/mol. The molecule has 2 aromatic rings. The first-order valence-corrected chi connectivity index (χ1v) is 18.3. The molecule has 0 unspecified atom stereocenters. The third-order valence-electron chi connectivity index (χ3n) is 7.54. The molecule has 3 atom stereocenters. The summed E-state index contributed by atoms with van der Waals surface area (Å²) in [5.41, 5.74) is 1.19. The first-order valence-electron chi connectivity index (χ1n) is 16.8. The monoisotopic (exact) mass is 737 g/mol. The number of carbonyl (C=O) groups is 3. The molecule has 0 radical (unpaired) electrons. The maximum Gasteiger partial charge on any atom is 0.407 e. The van der Waals surface area contributed by atoms with Crippen LogP contribution in [0.1, 0.15) is 25.8 Å². The van der Waals surface area contributed by atoms with E-state index in [9.17, 15) is 22.8 Å². The number of alkyl carbamates (subject to hydrolysis) is 1. The van der Waals surface area contributed by atoms with Crippen LogP contribution in [0.3, 0.4) is 0 Å². The summed E-state index contributed by atoms with van der Waals surface area (Å²) in [6.07, 6.45) is -1.62. The lowest BCUT2D eigenvalue weighted by Gasteiger charge is -2.33. The van der Waals surface area contributed by atoms with Crippen molar-refractivity contribution in [3.05, 3.63) is 60.2 Å². The van der Waals surface area contributed by atoms with E-state index >= 15 is 0 Å². The van der Waals surface area contributed by atoms with Crippen molar-refractivity contribution in [3.8, 4) is 0 Å². The minimum atomic E-state index is -4.19. The number of nitrogens with one attached hydrogen (secondary N) is 2. The Morgan fingerprint density at radius 3 is 2.18 bits per heavy atom. The van der Waals surface area contributed by atoms with Gasteiger partial charge in [-0.3, -0.25) is 4.79 Å². The van der Waals surface area contributed by atoms with Crippen LogP contribution in [0.2, 0.25) is 0 Å². The molecule has 1 aliphatic heterocycles. The SMILES string of the molecule is COCCOCC(=O)Nc1ccc(S(=O)(=O)N(CC(C)C)C[C@@H](OC(=O)COCCOC)[C@H](Cc2ccccc2)NC(=O)O[C@H]2CCOC2)cc1. The van der Waals surface area contributed by atoms with Crippen molar-refractivity contribution >= 4 is 33.7 Å². The summed E-state index contributed by atoms with van der Waals surface area (Å²) >= 11 is 0. The van der Waals surface area contributed by atoms with E-state index in [-0.39, 0.29) is 63.4 Å². The minimum absolute atomic E-state index is 0.0429. The van der Waals surface area contributed by atoms with Gasteiger partial charge >= 0.3 is 12.1 Å². The second kappa shape index (κ2) is 22.3. The molecule has 0 bridgehead atoms. The fourth-order valence-electron chi connectivity index (χ4n) is 5.08. The molecule has 1 heterocycles. The zero-order valence-corrected chi connectivity index (χ0v) is 30.6. The largest absolute Gasteiger partial charge is 0.457 e. The summed E-state index contributed by atoms with van der Waals surface area (Å²) in [5.74, 6) is -1.28. The van der Waals surface area contributed by atoms with E-state index in [0.29, 0.717) is 25.3 Å². The molecule has 0 saturated carbocycles. The van der Waals surface area contributed by atoms with Gasteiger partial charge in [0.15, 0.2) is 0 Å². The van der Waals surface area contributed by atoms with Crippen LogP contribution in [-0.4, -0.2) is 129 Å². The Morgan fingerprint density at radius 1 is 0.902 bits per heavy atom. The van der Waals surface area contributed by atoms with Gasteiger partial charge in [-0.1, -0.05) is 44.2 Å². The number of amides is 2.